The number of aromatic amines is 1. The third-order valence-electron chi connectivity index (χ3n) is 4.78. The van der Waals surface area contributed by atoms with E-state index in [9.17, 15) is 4.79 Å². The maximum Gasteiger partial charge on any atom is 0.227 e. The molecule has 2 N–H and O–H groups in total. The summed E-state index contributed by atoms with van der Waals surface area (Å²) in [6.07, 6.45) is 2.51. The van der Waals surface area contributed by atoms with Crippen molar-refractivity contribution in [2.75, 3.05) is 14.2 Å². The second-order valence-corrected chi connectivity index (χ2v) is 6.76. The van der Waals surface area contributed by atoms with Gasteiger partial charge in [-0.15, -0.1) is 0 Å². The van der Waals surface area contributed by atoms with E-state index < -0.39 is 0 Å². The van der Waals surface area contributed by atoms with Crippen molar-refractivity contribution in [3.8, 4) is 22.9 Å². The molecule has 0 saturated heterocycles. The van der Waals surface area contributed by atoms with Crippen LogP contribution in [0.5, 0.6) is 11.5 Å². The molecule has 0 aliphatic carbocycles. The Balaban J connectivity index is 1.31. The van der Waals surface area contributed by atoms with Crippen molar-refractivity contribution in [3.05, 3.63) is 60.1 Å². The van der Waals surface area contributed by atoms with Crippen LogP contribution in [0.15, 0.2) is 53.2 Å². The number of benzene rings is 2. The average Bonchev–Trinajstić information content (AvgIpc) is 3.44. The van der Waals surface area contributed by atoms with Crippen molar-refractivity contribution in [2.24, 2.45) is 0 Å². The molecule has 8 heteroatoms. The summed E-state index contributed by atoms with van der Waals surface area (Å²) in [6, 6.07) is 13.4. The molecule has 2 aromatic carbocycles. The second kappa shape index (κ2) is 8.69. The monoisotopic (exact) mass is 406 g/mol. The van der Waals surface area contributed by atoms with Gasteiger partial charge in [0, 0.05) is 36.7 Å². The summed E-state index contributed by atoms with van der Waals surface area (Å²) in [7, 11) is 3.16. The highest BCUT2D eigenvalue weighted by atomic mass is 16.5. The molecule has 0 aliphatic rings. The van der Waals surface area contributed by atoms with Gasteiger partial charge in [0.25, 0.3) is 0 Å². The smallest absolute Gasteiger partial charge is 0.227 e. The first-order valence-electron chi connectivity index (χ1n) is 9.54. The minimum atomic E-state index is -0.0997. The second-order valence-electron chi connectivity index (χ2n) is 6.76. The van der Waals surface area contributed by atoms with Crippen molar-refractivity contribution < 1.29 is 18.8 Å². The molecule has 8 nitrogen and oxygen atoms in total. The van der Waals surface area contributed by atoms with Crippen LogP contribution in [0.2, 0.25) is 0 Å². The van der Waals surface area contributed by atoms with Crippen LogP contribution in [0.25, 0.3) is 22.3 Å². The lowest BCUT2D eigenvalue weighted by Crippen LogP contribution is -2.23. The summed E-state index contributed by atoms with van der Waals surface area (Å²) in [5, 5.41) is 8.03. The Morgan fingerprint density at radius 2 is 1.97 bits per heavy atom. The first-order chi connectivity index (χ1) is 14.7. The predicted molar refractivity (Wildman–Crippen MR) is 111 cm³/mol. The van der Waals surface area contributed by atoms with Crippen molar-refractivity contribution >= 4 is 16.8 Å². The van der Waals surface area contributed by atoms with Gasteiger partial charge in [-0.1, -0.05) is 23.4 Å². The molecular formula is C22H22N4O4. The quantitative estimate of drug-likeness (QED) is 0.464. The fourth-order valence-corrected chi connectivity index (χ4v) is 3.16. The van der Waals surface area contributed by atoms with E-state index in [2.05, 4.69) is 20.4 Å². The number of amides is 1. The van der Waals surface area contributed by atoms with Gasteiger partial charge in [-0.05, 0) is 35.2 Å². The van der Waals surface area contributed by atoms with Crippen LogP contribution in [0.4, 0.5) is 0 Å². The van der Waals surface area contributed by atoms with Gasteiger partial charge in [0.05, 0.1) is 14.2 Å². The largest absolute Gasteiger partial charge is 0.493 e. The van der Waals surface area contributed by atoms with Crippen molar-refractivity contribution in [1.82, 2.24) is 20.4 Å². The molecule has 2 aromatic heterocycles. The molecule has 4 aromatic rings. The van der Waals surface area contributed by atoms with Crippen LogP contribution in [-0.4, -0.2) is 35.3 Å². The molecule has 0 bridgehead atoms. The molecule has 154 valence electrons. The average molecular weight is 406 g/mol. The number of methoxy groups -OCH3 is 2. The van der Waals surface area contributed by atoms with E-state index in [0.29, 0.717) is 36.2 Å². The van der Waals surface area contributed by atoms with Crippen LogP contribution in [0.1, 0.15) is 17.9 Å². The Kier molecular flexibility index (Phi) is 5.65. The highest BCUT2D eigenvalue weighted by Crippen LogP contribution is 2.27. The number of carbonyl (C=O) groups excluding carboxylic acids is 1. The fourth-order valence-electron chi connectivity index (χ4n) is 3.16. The molecule has 0 saturated carbocycles. The molecular weight excluding hydrogens is 384 g/mol. The first kappa shape index (κ1) is 19.5. The topological polar surface area (TPSA) is 102 Å². The van der Waals surface area contributed by atoms with Crippen LogP contribution in [-0.2, 0) is 17.8 Å². The van der Waals surface area contributed by atoms with Crippen molar-refractivity contribution in [1.29, 1.82) is 0 Å². The first-order valence-corrected chi connectivity index (χ1v) is 9.54. The van der Waals surface area contributed by atoms with E-state index in [1.807, 2.05) is 48.7 Å². The zero-order valence-electron chi connectivity index (χ0n) is 16.8. The van der Waals surface area contributed by atoms with E-state index in [1.165, 1.54) is 0 Å². The Hall–Kier alpha value is -3.81. The SMILES string of the molecule is COc1ccc(CNC(=O)CCc2nc(-c3ccc4cc[nH]c4c3)no2)cc1OC. The number of nitrogens with one attached hydrogen (secondary N) is 2. The van der Waals surface area contributed by atoms with Gasteiger partial charge in [-0.25, -0.2) is 0 Å². The molecule has 0 fully saturated rings. The lowest BCUT2D eigenvalue weighted by molar-refractivity contribution is -0.121. The molecule has 1 amide bonds. The Morgan fingerprint density at radius 1 is 1.10 bits per heavy atom. The molecule has 0 unspecified atom stereocenters. The molecule has 30 heavy (non-hydrogen) atoms. The third kappa shape index (κ3) is 4.27. The van der Waals surface area contributed by atoms with Gasteiger partial charge in [0.15, 0.2) is 11.5 Å². The van der Waals surface area contributed by atoms with Gasteiger partial charge < -0.3 is 24.3 Å². The van der Waals surface area contributed by atoms with Gasteiger partial charge >= 0.3 is 0 Å². The highest BCUT2D eigenvalue weighted by Gasteiger charge is 2.12. The molecule has 0 spiro atoms. The Bertz CT molecular complexity index is 1160. The molecule has 2 heterocycles. The Morgan fingerprint density at radius 3 is 2.80 bits per heavy atom. The standard InChI is InChI=1S/C22H22N4O4/c1-28-18-6-3-14(11-19(18)29-2)13-24-20(27)7-8-21-25-22(26-30-21)16-5-4-15-9-10-23-17(15)12-16/h3-6,9-12,23H,7-8,13H2,1-2H3,(H,24,27). The number of fused-ring (bicyclic) bond motifs is 1. The van der Waals surface area contributed by atoms with E-state index in [1.54, 1.807) is 14.2 Å². The van der Waals surface area contributed by atoms with Crippen LogP contribution in [0, 0.1) is 0 Å². The summed E-state index contributed by atoms with van der Waals surface area (Å²) in [5.74, 6) is 2.11. The maximum atomic E-state index is 12.2. The normalized spacial score (nSPS) is 10.9. The number of nitrogens with zero attached hydrogens (tertiary/aromatic N) is 2. The summed E-state index contributed by atoms with van der Waals surface area (Å²) in [6.45, 7) is 0.393. The lowest BCUT2D eigenvalue weighted by Gasteiger charge is -2.10. The summed E-state index contributed by atoms with van der Waals surface area (Å²) in [4.78, 5) is 19.8. The Labute approximate surface area is 173 Å². The third-order valence-corrected chi connectivity index (χ3v) is 4.78. The zero-order chi connectivity index (χ0) is 20.9. The summed E-state index contributed by atoms with van der Waals surface area (Å²) >= 11 is 0. The molecule has 0 atom stereocenters. The predicted octanol–water partition coefficient (Wildman–Crippen LogP) is 3.48. The van der Waals surface area contributed by atoms with E-state index >= 15 is 0 Å². The minimum absolute atomic E-state index is 0.0997. The van der Waals surface area contributed by atoms with Crippen molar-refractivity contribution in [3.63, 3.8) is 0 Å². The summed E-state index contributed by atoms with van der Waals surface area (Å²) < 4.78 is 15.8. The number of ether oxygens (including phenoxy) is 2. The molecule has 0 radical (unpaired) electrons. The lowest BCUT2D eigenvalue weighted by atomic mass is 10.1. The van der Waals surface area contributed by atoms with E-state index in [4.69, 9.17) is 14.0 Å². The molecule has 4 rings (SSSR count). The van der Waals surface area contributed by atoms with Gasteiger partial charge in [-0.2, -0.15) is 4.98 Å². The number of H-pyrrole nitrogens is 1. The molecule has 0 aliphatic heterocycles. The summed E-state index contributed by atoms with van der Waals surface area (Å²) in [5.41, 5.74) is 2.78. The number of hydrogen-bond donors (Lipinski definition) is 2. The van der Waals surface area contributed by atoms with Crippen LogP contribution < -0.4 is 14.8 Å². The van der Waals surface area contributed by atoms with Gasteiger partial charge in [0.2, 0.25) is 17.6 Å². The van der Waals surface area contributed by atoms with E-state index in [0.717, 1.165) is 22.0 Å². The van der Waals surface area contributed by atoms with Crippen molar-refractivity contribution in [2.45, 2.75) is 19.4 Å². The van der Waals surface area contributed by atoms with Gasteiger partial charge in [0.1, 0.15) is 0 Å². The van der Waals surface area contributed by atoms with Crippen LogP contribution in [0.3, 0.4) is 0 Å². The fraction of sp³-hybridized carbons (Fsp3) is 0.227. The number of aryl methyl sites for hydroxylation is 1. The number of hydrogen-bond acceptors (Lipinski definition) is 6. The van der Waals surface area contributed by atoms with E-state index in [-0.39, 0.29) is 12.3 Å². The number of aromatic nitrogens is 3. The van der Waals surface area contributed by atoms with Crippen LogP contribution >= 0.6 is 0 Å². The zero-order valence-corrected chi connectivity index (χ0v) is 16.8. The number of rotatable bonds is 8. The highest BCUT2D eigenvalue weighted by molar-refractivity contribution is 5.83. The number of carbonyl (C=O) groups is 1. The maximum absolute atomic E-state index is 12.2. The van der Waals surface area contributed by atoms with Gasteiger partial charge in [-0.3, -0.25) is 4.79 Å². The minimum Gasteiger partial charge on any atom is -0.493 e.